The van der Waals surface area contributed by atoms with Gasteiger partial charge in [-0.2, -0.15) is 0 Å². The van der Waals surface area contributed by atoms with Crippen LogP contribution in [0.3, 0.4) is 0 Å². The SMILES string of the molecule is CCCCCNC(=O)C(c1ccc(CC)cc1)N(C(=O)C(Cc1ccccc1)NC(=O)OC(C)(C)C)C(C)CC. The van der Waals surface area contributed by atoms with E-state index in [1.54, 1.807) is 25.7 Å². The molecule has 0 aliphatic heterocycles. The van der Waals surface area contributed by atoms with Crippen molar-refractivity contribution in [1.29, 1.82) is 0 Å². The maximum absolute atomic E-state index is 14.4. The van der Waals surface area contributed by atoms with Gasteiger partial charge in [-0.1, -0.05) is 88.2 Å². The molecular weight excluding hydrogens is 502 g/mol. The van der Waals surface area contributed by atoms with E-state index in [0.29, 0.717) is 13.0 Å². The molecule has 0 bridgehead atoms. The van der Waals surface area contributed by atoms with Crippen LogP contribution < -0.4 is 10.6 Å². The summed E-state index contributed by atoms with van der Waals surface area (Å²) in [6.07, 6.45) is 4.06. The number of ether oxygens (including phenoxy) is 1. The minimum atomic E-state index is -0.920. The van der Waals surface area contributed by atoms with E-state index < -0.39 is 23.8 Å². The predicted octanol–water partition coefficient (Wildman–Crippen LogP) is 6.36. The van der Waals surface area contributed by atoms with Crippen molar-refractivity contribution in [3.8, 4) is 0 Å². The van der Waals surface area contributed by atoms with Crippen LogP contribution in [0.4, 0.5) is 4.79 Å². The number of benzene rings is 2. The first-order chi connectivity index (χ1) is 19.0. The topological polar surface area (TPSA) is 87.7 Å². The van der Waals surface area contributed by atoms with Crippen molar-refractivity contribution in [1.82, 2.24) is 15.5 Å². The predicted molar refractivity (Wildman–Crippen MR) is 161 cm³/mol. The van der Waals surface area contributed by atoms with E-state index in [4.69, 9.17) is 4.74 Å². The summed E-state index contributed by atoms with van der Waals surface area (Å²) in [7, 11) is 0. The number of carbonyl (C=O) groups excluding carboxylic acids is 3. The molecule has 2 rings (SSSR count). The number of nitrogens with one attached hydrogen (secondary N) is 2. The fraction of sp³-hybridized carbons (Fsp3) is 0.545. The number of amides is 3. The molecule has 220 valence electrons. The third-order valence-corrected chi connectivity index (χ3v) is 6.90. The van der Waals surface area contributed by atoms with Gasteiger partial charge in [0.05, 0.1) is 0 Å². The van der Waals surface area contributed by atoms with Gasteiger partial charge in [0.2, 0.25) is 11.8 Å². The minimum absolute atomic E-state index is 0.218. The molecule has 7 nitrogen and oxygen atoms in total. The molecular formula is C33H49N3O4. The van der Waals surface area contributed by atoms with E-state index in [-0.39, 0.29) is 24.3 Å². The number of alkyl carbamates (subject to hydrolysis) is 1. The van der Waals surface area contributed by atoms with Gasteiger partial charge in [0.25, 0.3) is 0 Å². The van der Waals surface area contributed by atoms with Gasteiger partial charge in [0.1, 0.15) is 17.7 Å². The van der Waals surface area contributed by atoms with Crippen LogP contribution in [0.25, 0.3) is 0 Å². The third-order valence-electron chi connectivity index (χ3n) is 6.90. The number of hydrogen-bond donors (Lipinski definition) is 2. The summed E-state index contributed by atoms with van der Waals surface area (Å²) < 4.78 is 5.52. The molecule has 0 aromatic heterocycles. The average molecular weight is 552 g/mol. The molecule has 0 heterocycles. The summed E-state index contributed by atoms with van der Waals surface area (Å²) in [5.41, 5.74) is 2.08. The van der Waals surface area contributed by atoms with E-state index in [9.17, 15) is 14.4 Å². The van der Waals surface area contributed by atoms with E-state index in [2.05, 4.69) is 24.5 Å². The van der Waals surface area contributed by atoms with Crippen molar-refractivity contribution in [3.63, 3.8) is 0 Å². The summed E-state index contributed by atoms with van der Waals surface area (Å²) in [4.78, 5) is 42.8. The Kier molecular flexibility index (Phi) is 13.2. The molecule has 40 heavy (non-hydrogen) atoms. The maximum atomic E-state index is 14.4. The third kappa shape index (κ3) is 10.3. The fourth-order valence-electron chi connectivity index (χ4n) is 4.53. The standard InChI is InChI=1S/C33H49N3O4/c1-8-11-15-22-34-30(37)29(27-20-18-25(10-3)19-21-27)36(24(4)9-2)31(38)28(23-26-16-13-12-14-17-26)35-32(39)40-33(5,6)7/h12-14,16-21,24,28-29H,8-11,15,22-23H2,1-7H3,(H,34,37)(H,35,39). The van der Waals surface area contributed by atoms with Gasteiger partial charge in [0, 0.05) is 19.0 Å². The Bertz CT molecular complexity index is 1060. The van der Waals surface area contributed by atoms with E-state index in [1.807, 2.05) is 68.4 Å². The van der Waals surface area contributed by atoms with Gasteiger partial charge < -0.3 is 20.3 Å². The molecule has 3 unspecified atom stereocenters. The van der Waals surface area contributed by atoms with Crippen LogP contribution in [0.15, 0.2) is 54.6 Å². The smallest absolute Gasteiger partial charge is 0.408 e. The van der Waals surface area contributed by atoms with Crippen LogP contribution in [-0.2, 0) is 27.2 Å². The summed E-state index contributed by atoms with van der Waals surface area (Å²) in [5, 5.41) is 5.90. The maximum Gasteiger partial charge on any atom is 0.408 e. The molecule has 2 aromatic carbocycles. The quantitative estimate of drug-likeness (QED) is 0.268. The highest BCUT2D eigenvalue weighted by Crippen LogP contribution is 2.27. The molecule has 2 aromatic rings. The monoisotopic (exact) mass is 551 g/mol. The second-order valence-electron chi connectivity index (χ2n) is 11.4. The van der Waals surface area contributed by atoms with Crippen LogP contribution in [0.2, 0.25) is 0 Å². The summed E-state index contributed by atoms with van der Waals surface area (Å²) in [6, 6.07) is 15.4. The number of nitrogens with zero attached hydrogens (tertiary/aromatic N) is 1. The highest BCUT2D eigenvalue weighted by molar-refractivity contribution is 5.92. The largest absolute Gasteiger partial charge is 0.444 e. The molecule has 2 N–H and O–H groups in total. The lowest BCUT2D eigenvalue weighted by Gasteiger charge is -2.38. The molecule has 0 aliphatic rings. The first kappa shape index (κ1) is 32.9. The zero-order valence-corrected chi connectivity index (χ0v) is 25.5. The second kappa shape index (κ2) is 16.0. The van der Waals surface area contributed by atoms with E-state index in [0.717, 1.165) is 42.4 Å². The normalized spacial score (nSPS) is 13.6. The lowest BCUT2D eigenvalue weighted by molar-refractivity contribution is -0.145. The van der Waals surface area contributed by atoms with Crippen molar-refractivity contribution in [3.05, 3.63) is 71.3 Å². The van der Waals surface area contributed by atoms with Crippen LogP contribution in [0.1, 0.15) is 96.9 Å². The van der Waals surface area contributed by atoms with Gasteiger partial charge >= 0.3 is 6.09 Å². The number of carbonyl (C=O) groups is 3. The summed E-state index contributed by atoms with van der Waals surface area (Å²) >= 11 is 0. The number of aryl methyl sites for hydroxylation is 1. The first-order valence-corrected chi connectivity index (χ1v) is 14.7. The van der Waals surface area contributed by atoms with Gasteiger partial charge in [0.15, 0.2) is 0 Å². The molecule has 7 heteroatoms. The van der Waals surface area contributed by atoms with Crippen LogP contribution in [-0.4, -0.2) is 47.0 Å². The van der Waals surface area contributed by atoms with Crippen molar-refractivity contribution in [2.45, 2.75) is 111 Å². The van der Waals surface area contributed by atoms with Crippen molar-refractivity contribution in [2.75, 3.05) is 6.54 Å². The zero-order chi connectivity index (χ0) is 29.7. The van der Waals surface area contributed by atoms with E-state index >= 15 is 0 Å². The highest BCUT2D eigenvalue weighted by atomic mass is 16.6. The Balaban J connectivity index is 2.53. The van der Waals surface area contributed by atoms with Gasteiger partial charge in [-0.05, 0) is 63.6 Å². The van der Waals surface area contributed by atoms with Crippen LogP contribution in [0.5, 0.6) is 0 Å². The van der Waals surface area contributed by atoms with Gasteiger partial charge in [-0.3, -0.25) is 9.59 Å². The highest BCUT2D eigenvalue weighted by Gasteiger charge is 2.38. The second-order valence-corrected chi connectivity index (χ2v) is 11.4. The number of unbranched alkanes of at least 4 members (excludes halogenated alkanes) is 2. The molecule has 0 fully saturated rings. The Labute approximate surface area is 241 Å². The van der Waals surface area contributed by atoms with Crippen molar-refractivity contribution >= 4 is 17.9 Å². The number of rotatable bonds is 14. The first-order valence-electron chi connectivity index (χ1n) is 14.7. The summed E-state index contributed by atoms with van der Waals surface area (Å²) in [6.45, 7) is 14.0. The van der Waals surface area contributed by atoms with Crippen molar-refractivity contribution in [2.24, 2.45) is 0 Å². The summed E-state index contributed by atoms with van der Waals surface area (Å²) in [5.74, 6) is -0.540. The zero-order valence-electron chi connectivity index (χ0n) is 25.5. The minimum Gasteiger partial charge on any atom is -0.444 e. The van der Waals surface area contributed by atoms with E-state index in [1.165, 1.54) is 0 Å². The molecule has 0 radical (unpaired) electrons. The lowest BCUT2D eigenvalue weighted by atomic mass is 9.97. The molecule has 0 aliphatic carbocycles. The Morgan fingerprint density at radius 2 is 1.55 bits per heavy atom. The molecule has 0 saturated heterocycles. The molecule has 3 amide bonds. The van der Waals surface area contributed by atoms with Gasteiger partial charge in [-0.15, -0.1) is 0 Å². The Hall–Kier alpha value is -3.35. The Morgan fingerprint density at radius 3 is 2.10 bits per heavy atom. The molecule has 0 saturated carbocycles. The van der Waals surface area contributed by atoms with Crippen molar-refractivity contribution < 1.29 is 19.1 Å². The van der Waals surface area contributed by atoms with Gasteiger partial charge in [-0.25, -0.2) is 4.79 Å². The number of hydrogen-bond acceptors (Lipinski definition) is 4. The fourth-order valence-corrected chi connectivity index (χ4v) is 4.53. The van der Waals surface area contributed by atoms with Crippen LogP contribution in [0, 0.1) is 0 Å². The lowest BCUT2D eigenvalue weighted by Crippen LogP contribution is -2.56. The Morgan fingerprint density at radius 1 is 0.900 bits per heavy atom. The molecule has 3 atom stereocenters. The molecule has 0 spiro atoms. The average Bonchev–Trinajstić information content (AvgIpc) is 2.92. The van der Waals surface area contributed by atoms with Crippen LogP contribution >= 0.6 is 0 Å².